The molecule has 2 unspecified atom stereocenters. The third-order valence-corrected chi connectivity index (χ3v) is 17.6. The first-order chi connectivity index (χ1) is 26.0. The van der Waals surface area contributed by atoms with Crippen molar-refractivity contribution in [2.75, 3.05) is 19.7 Å². The van der Waals surface area contributed by atoms with E-state index < -0.39 is 76.2 Å². The molecule has 7 fully saturated rings. The van der Waals surface area contributed by atoms with Gasteiger partial charge in [-0.3, -0.25) is 15.5 Å². The van der Waals surface area contributed by atoms with Crippen LogP contribution >= 0.6 is 0 Å². The maximum atomic E-state index is 15.3. The maximum absolute atomic E-state index is 15.3. The Morgan fingerprint density at radius 3 is 2.51 bits per heavy atom. The number of hydrogen-bond acceptors (Lipinski definition) is 10. The number of carbonyl (C=O) groups excluding carboxylic acids is 1. The van der Waals surface area contributed by atoms with E-state index in [1.807, 2.05) is 0 Å². The minimum atomic E-state index is -1.57. The van der Waals surface area contributed by atoms with Crippen molar-refractivity contribution in [3.05, 3.63) is 0 Å². The normalized spacial score (nSPS) is 49.9. The van der Waals surface area contributed by atoms with E-state index in [0.717, 1.165) is 45.1 Å². The molecule has 11 heteroatoms. The van der Waals surface area contributed by atoms with Gasteiger partial charge in [-0.25, -0.2) is 0 Å². The molecule has 19 atom stereocenters. The Morgan fingerprint density at radius 2 is 1.82 bits per heavy atom. The summed E-state index contributed by atoms with van der Waals surface area (Å²) < 4.78 is 6.30. The number of rotatable bonds is 12. The first-order valence-electron chi connectivity index (χ1n) is 22.5. The lowest BCUT2D eigenvalue weighted by atomic mass is 9.35. The third-order valence-electron chi connectivity index (χ3n) is 17.6. The van der Waals surface area contributed by atoms with Gasteiger partial charge >= 0.3 is 0 Å². The molecule has 0 radical (unpaired) electrons. The molecule has 7 rings (SSSR count). The summed E-state index contributed by atoms with van der Waals surface area (Å²) in [5, 5.41) is 74.0. The number of fused-ring (bicyclic) bond motifs is 3. The minimum absolute atomic E-state index is 0.0324. The van der Waals surface area contributed by atoms with Crippen LogP contribution in [-0.4, -0.2) is 110 Å². The summed E-state index contributed by atoms with van der Waals surface area (Å²) in [6, 6.07) is 0. The fourth-order valence-electron chi connectivity index (χ4n) is 14.7. The van der Waals surface area contributed by atoms with Gasteiger partial charge in [0.1, 0.15) is 12.3 Å². The third kappa shape index (κ3) is 6.83. The largest absolute Gasteiger partial charge is 0.391 e. The van der Waals surface area contributed by atoms with E-state index in [0.29, 0.717) is 62.7 Å². The second-order valence-electron chi connectivity index (χ2n) is 20.5. The summed E-state index contributed by atoms with van der Waals surface area (Å²) in [6.45, 7) is 11.3. The van der Waals surface area contributed by atoms with Crippen LogP contribution in [0.2, 0.25) is 0 Å². The summed E-state index contributed by atoms with van der Waals surface area (Å²) in [5.41, 5.74) is 2.12. The van der Waals surface area contributed by atoms with E-state index in [2.05, 4.69) is 26.1 Å². The lowest BCUT2D eigenvalue weighted by Gasteiger charge is -2.69. The highest BCUT2D eigenvalue weighted by Crippen LogP contribution is 2.73. The van der Waals surface area contributed by atoms with Gasteiger partial charge in [0, 0.05) is 29.6 Å². The molecule has 0 aromatic heterocycles. The van der Waals surface area contributed by atoms with Gasteiger partial charge in [0.2, 0.25) is 0 Å². The summed E-state index contributed by atoms with van der Waals surface area (Å²) in [7, 11) is 0. The topological polar surface area (TPSA) is 203 Å². The van der Waals surface area contributed by atoms with E-state index in [-0.39, 0.29) is 36.2 Å². The van der Waals surface area contributed by atoms with Gasteiger partial charge in [0.05, 0.1) is 61.0 Å². The number of unbranched alkanes of at least 4 members (excludes halogenated alkanes) is 3. The number of hydrogen-bond donors (Lipinski definition) is 8. The molecule has 5 aliphatic carbocycles. The predicted molar refractivity (Wildman–Crippen MR) is 210 cm³/mol. The highest BCUT2D eigenvalue weighted by molar-refractivity contribution is 6.42. The number of piperidine rings is 1. The first-order valence-corrected chi connectivity index (χ1v) is 22.5. The van der Waals surface area contributed by atoms with Crippen LogP contribution in [-0.2, 0) is 9.53 Å². The molecule has 2 bridgehead atoms. The van der Waals surface area contributed by atoms with Crippen LogP contribution in [0.25, 0.3) is 0 Å². The summed E-state index contributed by atoms with van der Waals surface area (Å²) in [6.07, 6.45) is 8.26. The Labute approximate surface area is 329 Å². The molecule has 2 aliphatic heterocycles. The number of aliphatic hydroxyl groups excluding tert-OH is 4. The van der Waals surface area contributed by atoms with Crippen molar-refractivity contribution in [1.82, 2.24) is 0 Å². The number of carbonyl (C=O) groups is 1. The van der Waals surface area contributed by atoms with Crippen LogP contribution in [0.1, 0.15) is 131 Å². The predicted octanol–water partition coefficient (Wildman–Crippen LogP) is 2.70. The number of aliphatic hydroxyl groups is 6. The molecule has 11 nitrogen and oxygen atoms in total. The molecule has 0 aromatic carbocycles. The Balaban J connectivity index is 1.23. The van der Waals surface area contributed by atoms with E-state index in [4.69, 9.17) is 15.5 Å². The lowest BCUT2D eigenvalue weighted by Crippen LogP contribution is -2.95. The second kappa shape index (κ2) is 15.9. The fourth-order valence-corrected chi connectivity index (χ4v) is 14.7. The molecule has 0 spiro atoms. The number of quaternary nitrogens is 1. The molecule has 314 valence electrons. The molecule has 55 heavy (non-hydrogen) atoms. The van der Waals surface area contributed by atoms with Crippen LogP contribution in [0.3, 0.4) is 0 Å². The number of nitrogens with zero attached hydrogens (tertiary/aromatic N) is 1. The molecule has 0 aromatic rings. The van der Waals surface area contributed by atoms with Crippen LogP contribution in [0.4, 0.5) is 0 Å². The average Bonchev–Trinajstić information content (AvgIpc) is 3.65. The molecule has 7 aliphatic rings. The van der Waals surface area contributed by atoms with Gasteiger partial charge in [-0.1, -0.05) is 46.5 Å². The standard InChI is InChI=1S/C44H75N3O8/c1-6-7-8-9-10-27-23-55-39(25(27)3)40(52)42(5,53)32-16-18-44(54)35-30(15-17-41(32,44)4)43-20-31(49)37(50)29(34(43)38(51)36(35)47-21-24(2)48)13-12-28(43)19-26-11-14-33(45)46-22-26/h24-35,37,39-40,46,48-50,52-54H,6-23,45H2,1-5H3/p+1/t24-,25-,26?,27-,28+,29+,30+,31-,32+,33?,34+,35-,37+,39+,40+,41+,42+,43+,44-/m0/s1. The van der Waals surface area contributed by atoms with Crippen LogP contribution < -0.4 is 11.1 Å². The van der Waals surface area contributed by atoms with Crippen molar-refractivity contribution in [1.29, 1.82) is 0 Å². The molecule has 0 amide bonds. The summed E-state index contributed by atoms with van der Waals surface area (Å²) in [4.78, 5) is 20.2. The number of aliphatic imine (C=N–C) groups is 1. The van der Waals surface area contributed by atoms with E-state index in [9.17, 15) is 30.6 Å². The van der Waals surface area contributed by atoms with Gasteiger partial charge in [0.15, 0.2) is 5.78 Å². The van der Waals surface area contributed by atoms with Crippen molar-refractivity contribution in [2.24, 2.45) is 74.8 Å². The quantitative estimate of drug-likeness (QED) is 0.137. The molecule has 2 heterocycles. The smallest absolute Gasteiger partial charge is 0.181 e. The second-order valence-corrected chi connectivity index (χ2v) is 20.5. The van der Waals surface area contributed by atoms with E-state index >= 15 is 4.79 Å². The van der Waals surface area contributed by atoms with E-state index in [1.54, 1.807) is 13.8 Å². The van der Waals surface area contributed by atoms with Gasteiger partial charge in [-0.05, 0) is 119 Å². The Hall–Kier alpha value is -1.02. The minimum Gasteiger partial charge on any atom is -0.391 e. The van der Waals surface area contributed by atoms with E-state index in [1.165, 1.54) is 19.3 Å². The number of nitrogens with two attached hydrogens (primary N) is 2. The number of Topliss-reactive ketones (excluding diaryl/α,β-unsaturated/α-hetero) is 1. The molecular weight excluding hydrogens is 698 g/mol. The Morgan fingerprint density at radius 1 is 1.05 bits per heavy atom. The Bertz CT molecular complexity index is 1400. The zero-order chi connectivity index (χ0) is 39.7. The van der Waals surface area contributed by atoms with Crippen molar-refractivity contribution in [2.45, 2.75) is 179 Å². The maximum Gasteiger partial charge on any atom is 0.181 e. The van der Waals surface area contributed by atoms with Crippen molar-refractivity contribution in [3.8, 4) is 0 Å². The summed E-state index contributed by atoms with van der Waals surface area (Å²) >= 11 is 0. The molecule has 2 saturated heterocycles. The molecule has 10 N–H and O–H groups in total. The number of ketones is 1. The average molecular weight is 775 g/mol. The molecule has 5 saturated carbocycles. The first kappa shape index (κ1) is 42.1. The van der Waals surface area contributed by atoms with Crippen molar-refractivity contribution >= 4 is 11.5 Å². The zero-order valence-electron chi connectivity index (χ0n) is 34.5. The van der Waals surface area contributed by atoms with Gasteiger partial charge in [0.25, 0.3) is 0 Å². The van der Waals surface area contributed by atoms with Crippen molar-refractivity contribution in [3.63, 3.8) is 0 Å². The van der Waals surface area contributed by atoms with Crippen LogP contribution in [0.5, 0.6) is 0 Å². The lowest BCUT2D eigenvalue weighted by molar-refractivity contribution is -0.703. The fraction of sp³-hybridized carbons (Fsp3) is 0.955. The van der Waals surface area contributed by atoms with Gasteiger partial charge < -0.3 is 40.7 Å². The highest BCUT2D eigenvalue weighted by Gasteiger charge is 2.76. The zero-order valence-corrected chi connectivity index (χ0v) is 34.5. The molecular formula is C44H76N3O8+. The van der Waals surface area contributed by atoms with Gasteiger partial charge in [-0.2, -0.15) is 0 Å². The SMILES string of the molecule is CCCCCC[C@H]1CO[C@@H]([C@@H](O)[C@](C)(O)[C@@H]2CC[C@]3(O)[C@@H]4C(=NC[C@H](C)O)C(=O)[C@H]5[C@H]6CC[C@H](CC7CCC(N)[NH2+]C7)[C@]5(C[C@H](O)[C@@H]6O)[C@@H]4CC[C@]23C)[C@H]1C. The van der Waals surface area contributed by atoms with Crippen LogP contribution in [0.15, 0.2) is 4.99 Å². The van der Waals surface area contributed by atoms with Crippen molar-refractivity contribution < 1.29 is 45.5 Å². The highest BCUT2D eigenvalue weighted by atomic mass is 16.5. The van der Waals surface area contributed by atoms with Gasteiger partial charge in [-0.15, -0.1) is 0 Å². The number of ether oxygens (including phenoxy) is 1. The summed E-state index contributed by atoms with van der Waals surface area (Å²) in [5.74, 6) is -1.38. The monoisotopic (exact) mass is 775 g/mol. The van der Waals surface area contributed by atoms with Crippen LogP contribution in [0, 0.1) is 64.1 Å². The Kier molecular flexibility index (Phi) is 12.2.